The molecule has 58 heavy (non-hydrogen) atoms. The van der Waals surface area contributed by atoms with Crippen molar-refractivity contribution in [2.75, 3.05) is 47.5 Å². The highest BCUT2D eigenvalue weighted by molar-refractivity contribution is 7.45. The summed E-state index contributed by atoms with van der Waals surface area (Å²) in [5.41, 5.74) is 0. The molecule has 9 nitrogen and oxygen atoms in total. The second-order valence-corrected chi connectivity index (χ2v) is 17.5. The van der Waals surface area contributed by atoms with Crippen LogP contribution >= 0.6 is 7.82 Å². The van der Waals surface area contributed by atoms with Gasteiger partial charge in [-0.3, -0.25) is 9.36 Å². The zero-order valence-electron chi connectivity index (χ0n) is 37.5. The molecule has 0 radical (unpaired) electrons. The Labute approximate surface area is 355 Å². The lowest BCUT2D eigenvalue weighted by molar-refractivity contribution is -0.870. The van der Waals surface area contributed by atoms with Gasteiger partial charge in [0.15, 0.2) is 6.10 Å². The van der Waals surface area contributed by atoms with Gasteiger partial charge in [-0.1, -0.05) is 164 Å². The summed E-state index contributed by atoms with van der Waals surface area (Å²) in [6.45, 7) is 4.02. The Morgan fingerprint density at radius 2 is 1.05 bits per heavy atom. The molecule has 1 unspecified atom stereocenters. The van der Waals surface area contributed by atoms with E-state index in [0.29, 0.717) is 17.4 Å². The molecule has 0 heterocycles. The van der Waals surface area contributed by atoms with E-state index in [4.69, 9.17) is 18.5 Å². The van der Waals surface area contributed by atoms with Crippen molar-refractivity contribution in [2.45, 2.75) is 174 Å². The van der Waals surface area contributed by atoms with Crippen LogP contribution < -0.4 is 4.89 Å². The molecule has 0 amide bonds. The van der Waals surface area contributed by atoms with E-state index in [1.165, 1.54) is 96.0 Å². The predicted octanol–water partition coefficient (Wildman–Crippen LogP) is 12.4. The third-order valence-corrected chi connectivity index (χ3v) is 10.3. The van der Waals surface area contributed by atoms with Gasteiger partial charge >= 0.3 is 11.9 Å². The summed E-state index contributed by atoms with van der Waals surface area (Å²) in [5, 5.41) is 0. The largest absolute Gasteiger partial charge is 0.756 e. The minimum Gasteiger partial charge on any atom is -0.756 e. The number of carbonyl (C=O) groups excluding carboxylic acids is 2. The highest BCUT2D eigenvalue weighted by Crippen LogP contribution is 2.38. The Bertz CT molecular complexity index is 1220. The van der Waals surface area contributed by atoms with Crippen molar-refractivity contribution in [3.63, 3.8) is 0 Å². The van der Waals surface area contributed by atoms with E-state index in [2.05, 4.69) is 62.5 Å². The van der Waals surface area contributed by atoms with E-state index in [1.807, 2.05) is 27.2 Å². The fourth-order valence-electron chi connectivity index (χ4n) is 5.72. The van der Waals surface area contributed by atoms with Crippen molar-refractivity contribution in [3.05, 3.63) is 72.9 Å². The van der Waals surface area contributed by atoms with E-state index in [1.54, 1.807) is 12.2 Å². The number of hydrogen-bond acceptors (Lipinski definition) is 8. The first kappa shape index (κ1) is 55.5. The van der Waals surface area contributed by atoms with Crippen molar-refractivity contribution < 1.29 is 42.1 Å². The van der Waals surface area contributed by atoms with Gasteiger partial charge in [0.25, 0.3) is 7.82 Å². The summed E-state index contributed by atoms with van der Waals surface area (Å²) in [4.78, 5) is 37.4. The van der Waals surface area contributed by atoms with Gasteiger partial charge in [-0.2, -0.15) is 0 Å². The number of allylic oxidation sites excluding steroid dienone is 11. The summed E-state index contributed by atoms with van der Waals surface area (Å²) < 4.78 is 33.7. The van der Waals surface area contributed by atoms with Gasteiger partial charge in [0, 0.05) is 12.5 Å². The molecule has 0 spiro atoms. The molecular formula is C48H84NO8P. The average molecular weight is 834 g/mol. The number of quaternary nitrogens is 1. The van der Waals surface area contributed by atoms with Crippen LogP contribution in [0.25, 0.3) is 0 Å². The molecule has 0 saturated carbocycles. The quantitative estimate of drug-likeness (QED) is 0.0114. The monoisotopic (exact) mass is 834 g/mol. The van der Waals surface area contributed by atoms with Crippen molar-refractivity contribution in [2.24, 2.45) is 0 Å². The van der Waals surface area contributed by atoms with Gasteiger partial charge in [-0.25, -0.2) is 4.79 Å². The van der Waals surface area contributed by atoms with Crippen molar-refractivity contribution in [1.82, 2.24) is 0 Å². The summed E-state index contributed by atoms with van der Waals surface area (Å²) >= 11 is 0. The maximum Gasteiger partial charge on any atom is 0.331 e. The molecule has 0 aliphatic rings. The molecular weight excluding hydrogens is 750 g/mol. The summed E-state index contributed by atoms with van der Waals surface area (Å²) in [6.07, 6.45) is 49.9. The molecule has 10 heteroatoms. The topological polar surface area (TPSA) is 111 Å². The molecule has 0 aliphatic heterocycles. The van der Waals surface area contributed by atoms with Crippen LogP contribution in [0, 0.1) is 0 Å². The smallest absolute Gasteiger partial charge is 0.331 e. The average Bonchev–Trinajstić information content (AvgIpc) is 3.17. The number of likely N-dealkylation sites (N-methyl/N-ethyl adjacent to an activating group) is 1. The Morgan fingerprint density at radius 3 is 1.60 bits per heavy atom. The number of unbranched alkanes of at least 4 members (excludes halogenated alkanes) is 17. The Morgan fingerprint density at radius 1 is 0.586 bits per heavy atom. The van der Waals surface area contributed by atoms with Crippen LogP contribution in [0.2, 0.25) is 0 Å². The highest BCUT2D eigenvalue weighted by atomic mass is 31.2. The van der Waals surface area contributed by atoms with Gasteiger partial charge < -0.3 is 27.9 Å². The first-order valence-electron chi connectivity index (χ1n) is 22.7. The number of carbonyl (C=O) groups is 2. The van der Waals surface area contributed by atoms with Gasteiger partial charge in [-0.05, 0) is 64.2 Å². The Hall–Kier alpha value is -2.55. The van der Waals surface area contributed by atoms with Crippen LogP contribution in [0.15, 0.2) is 72.9 Å². The fourth-order valence-corrected chi connectivity index (χ4v) is 6.45. The van der Waals surface area contributed by atoms with Crippen molar-refractivity contribution >= 4 is 19.8 Å². The van der Waals surface area contributed by atoms with Crippen LogP contribution in [0.5, 0.6) is 0 Å². The molecule has 334 valence electrons. The molecule has 2 atom stereocenters. The van der Waals surface area contributed by atoms with Gasteiger partial charge in [0.2, 0.25) is 0 Å². The highest BCUT2D eigenvalue weighted by Gasteiger charge is 2.21. The normalized spacial score (nSPS) is 14.2. The molecule has 0 saturated heterocycles. The molecule has 0 rings (SSSR count). The standard InChI is InChI=1S/C48H84NO8P/c1-6-8-10-12-14-16-18-20-22-23-24-25-27-28-30-32-34-36-38-40-47(50)54-44-46(45-56-58(52,53)55-43-42-49(3,4)5)57-48(51)41-39-37-35-33-31-29-26-21-19-17-15-13-11-9-7-2/h14,16,20,22,24-25,28,30,35,37,39,41,46H,6-13,15,17-19,21,23,26-27,29,31-34,36,38,40,42-45H2,1-5H3/b16-14+,22-20+,25-24+,30-28+,37-35+,41-39+/t46-/m1/s1. The Kier molecular flexibility index (Phi) is 38.1. The molecule has 0 aromatic heterocycles. The number of hydrogen-bond donors (Lipinski definition) is 0. The van der Waals surface area contributed by atoms with E-state index in [9.17, 15) is 19.0 Å². The summed E-state index contributed by atoms with van der Waals surface area (Å²) in [7, 11) is 1.08. The van der Waals surface area contributed by atoms with E-state index in [-0.39, 0.29) is 19.6 Å². The maximum atomic E-state index is 12.6. The van der Waals surface area contributed by atoms with Crippen LogP contribution in [0.3, 0.4) is 0 Å². The second kappa shape index (κ2) is 39.9. The fraction of sp³-hybridized carbons (Fsp3) is 0.708. The van der Waals surface area contributed by atoms with E-state index >= 15 is 0 Å². The SMILES string of the molecule is CCCCC/C=C/C/C=C/C/C=C/C/C=C/CCCCCC(=O)OC[C@H](COP(=O)([O-])OCC[N+](C)(C)C)OC(=O)/C=C/C=C/CCCCCCCCCCCCC. The first-order chi connectivity index (χ1) is 28.0. The van der Waals surface area contributed by atoms with E-state index < -0.39 is 32.5 Å². The molecule has 0 aromatic rings. The first-order valence-corrected chi connectivity index (χ1v) is 24.1. The third-order valence-electron chi connectivity index (χ3n) is 9.31. The lowest BCUT2D eigenvalue weighted by atomic mass is 10.1. The van der Waals surface area contributed by atoms with Gasteiger partial charge in [0.1, 0.15) is 19.8 Å². The molecule has 0 aliphatic carbocycles. The van der Waals surface area contributed by atoms with Crippen LogP contribution in [0.4, 0.5) is 0 Å². The minimum atomic E-state index is -4.66. The predicted molar refractivity (Wildman–Crippen MR) is 240 cm³/mol. The zero-order chi connectivity index (χ0) is 42.8. The second-order valence-electron chi connectivity index (χ2n) is 16.1. The minimum absolute atomic E-state index is 0.0552. The number of phosphoric acid groups is 1. The molecule has 0 N–H and O–H groups in total. The number of phosphoric ester groups is 1. The molecule has 0 aromatic carbocycles. The van der Waals surface area contributed by atoms with Crippen molar-refractivity contribution in [3.8, 4) is 0 Å². The number of ether oxygens (including phenoxy) is 2. The van der Waals surface area contributed by atoms with Gasteiger partial charge in [0.05, 0.1) is 27.7 Å². The number of esters is 2. The zero-order valence-corrected chi connectivity index (χ0v) is 38.4. The Balaban J connectivity index is 4.51. The van der Waals surface area contributed by atoms with Crippen LogP contribution in [0.1, 0.15) is 168 Å². The summed E-state index contributed by atoms with van der Waals surface area (Å²) in [6, 6.07) is 0. The lowest BCUT2D eigenvalue weighted by Gasteiger charge is -2.28. The van der Waals surface area contributed by atoms with E-state index in [0.717, 1.165) is 51.4 Å². The molecule has 0 bridgehead atoms. The number of nitrogens with zero attached hydrogens (tertiary/aromatic N) is 1. The summed E-state index contributed by atoms with van der Waals surface area (Å²) in [5.74, 6) is -1.13. The third kappa shape index (κ3) is 43.0. The molecule has 0 fully saturated rings. The van der Waals surface area contributed by atoms with Gasteiger partial charge in [-0.15, -0.1) is 0 Å². The van der Waals surface area contributed by atoms with Crippen LogP contribution in [-0.2, 0) is 32.7 Å². The maximum absolute atomic E-state index is 12.6. The lowest BCUT2D eigenvalue weighted by Crippen LogP contribution is -2.37. The number of rotatable bonds is 40. The van der Waals surface area contributed by atoms with Crippen molar-refractivity contribution in [1.29, 1.82) is 0 Å². The van der Waals surface area contributed by atoms with Crippen LogP contribution in [-0.4, -0.2) is 70.0 Å².